The van der Waals surface area contributed by atoms with Gasteiger partial charge in [-0.05, 0) is 50.3 Å². The Bertz CT molecular complexity index is 464. The monoisotopic (exact) mass is 267 g/mol. The van der Waals surface area contributed by atoms with Crippen molar-refractivity contribution < 1.29 is 0 Å². The molecule has 0 bridgehead atoms. The van der Waals surface area contributed by atoms with Crippen molar-refractivity contribution in [1.29, 1.82) is 0 Å². The van der Waals surface area contributed by atoms with Gasteiger partial charge in [-0.3, -0.25) is 0 Å². The Morgan fingerprint density at radius 3 is 1.95 bits per heavy atom. The minimum atomic E-state index is 0.589. The normalized spacial score (nSPS) is 12.2. The van der Waals surface area contributed by atoms with Crippen molar-refractivity contribution in [1.82, 2.24) is 5.32 Å². The summed E-state index contributed by atoms with van der Waals surface area (Å²) in [7, 11) is 0. The third-order valence-corrected chi connectivity index (χ3v) is 3.69. The zero-order valence-corrected chi connectivity index (χ0v) is 12.4. The van der Waals surface area contributed by atoms with E-state index in [9.17, 15) is 0 Å². The van der Waals surface area contributed by atoms with Gasteiger partial charge in [0.2, 0.25) is 0 Å². The summed E-state index contributed by atoms with van der Waals surface area (Å²) < 4.78 is 0. The predicted molar refractivity (Wildman–Crippen MR) is 87.0 cm³/mol. The van der Waals surface area contributed by atoms with Crippen molar-refractivity contribution >= 4 is 0 Å². The molecule has 1 heteroatoms. The van der Waals surface area contributed by atoms with E-state index in [1.165, 1.54) is 30.4 Å². The van der Waals surface area contributed by atoms with E-state index in [2.05, 4.69) is 72.9 Å². The lowest BCUT2D eigenvalue weighted by atomic mass is 10.1. The molecule has 2 rings (SSSR count). The Kier molecular flexibility index (Phi) is 6.33. The first kappa shape index (κ1) is 14.8. The van der Waals surface area contributed by atoms with Gasteiger partial charge in [0.05, 0.1) is 0 Å². The van der Waals surface area contributed by atoms with Crippen LogP contribution in [0.15, 0.2) is 60.7 Å². The number of benzene rings is 2. The lowest BCUT2D eigenvalue weighted by Crippen LogP contribution is -2.27. The highest BCUT2D eigenvalue weighted by Crippen LogP contribution is 2.05. The summed E-state index contributed by atoms with van der Waals surface area (Å²) >= 11 is 0. The summed E-state index contributed by atoms with van der Waals surface area (Å²) in [5, 5.41) is 3.62. The second-order valence-corrected chi connectivity index (χ2v) is 5.47. The van der Waals surface area contributed by atoms with Gasteiger partial charge in [0.1, 0.15) is 0 Å². The standard InChI is InChI=1S/C19H25N/c1-17(14-15-19-11-6-3-7-12-19)20-16-8-13-18-9-4-2-5-10-18/h2-7,9-12,17,20H,8,13-16H2,1H3. The maximum Gasteiger partial charge on any atom is 0.00418 e. The fourth-order valence-corrected chi connectivity index (χ4v) is 2.42. The SMILES string of the molecule is CC(CCc1ccccc1)NCCCc1ccccc1. The number of hydrogen-bond donors (Lipinski definition) is 1. The maximum atomic E-state index is 3.62. The highest BCUT2D eigenvalue weighted by Gasteiger charge is 2.01. The second-order valence-electron chi connectivity index (χ2n) is 5.47. The van der Waals surface area contributed by atoms with E-state index in [-0.39, 0.29) is 0 Å². The zero-order chi connectivity index (χ0) is 14.0. The van der Waals surface area contributed by atoms with Crippen molar-refractivity contribution in [3.63, 3.8) is 0 Å². The van der Waals surface area contributed by atoms with E-state index in [1.54, 1.807) is 0 Å². The van der Waals surface area contributed by atoms with Crippen LogP contribution in [0.1, 0.15) is 30.9 Å². The van der Waals surface area contributed by atoms with Crippen LogP contribution < -0.4 is 5.32 Å². The lowest BCUT2D eigenvalue weighted by Gasteiger charge is -2.13. The Labute approximate surface area is 123 Å². The number of hydrogen-bond acceptors (Lipinski definition) is 1. The number of aryl methyl sites for hydroxylation is 2. The van der Waals surface area contributed by atoms with E-state index in [0.717, 1.165) is 13.0 Å². The predicted octanol–water partition coefficient (Wildman–Crippen LogP) is 4.23. The summed E-state index contributed by atoms with van der Waals surface area (Å²) in [5.74, 6) is 0. The molecule has 0 aliphatic carbocycles. The smallest absolute Gasteiger partial charge is 0.00418 e. The highest BCUT2D eigenvalue weighted by molar-refractivity contribution is 5.15. The molecule has 2 aromatic carbocycles. The lowest BCUT2D eigenvalue weighted by molar-refractivity contribution is 0.506. The molecule has 1 nitrogen and oxygen atoms in total. The van der Waals surface area contributed by atoms with E-state index >= 15 is 0 Å². The molecule has 1 N–H and O–H groups in total. The van der Waals surface area contributed by atoms with Crippen LogP contribution in [0.5, 0.6) is 0 Å². The van der Waals surface area contributed by atoms with E-state index < -0.39 is 0 Å². The summed E-state index contributed by atoms with van der Waals surface area (Å²) in [6.07, 6.45) is 4.74. The minimum Gasteiger partial charge on any atom is -0.314 e. The molecule has 0 aliphatic rings. The molecular weight excluding hydrogens is 242 g/mol. The van der Waals surface area contributed by atoms with Crippen LogP contribution >= 0.6 is 0 Å². The van der Waals surface area contributed by atoms with Crippen molar-refractivity contribution in [2.24, 2.45) is 0 Å². The quantitative estimate of drug-likeness (QED) is 0.706. The molecular formula is C19H25N. The average molecular weight is 267 g/mol. The van der Waals surface area contributed by atoms with Crippen LogP contribution in [-0.4, -0.2) is 12.6 Å². The van der Waals surface area contributed by atoms with Crippen molar-refractivity contribution in [2.75, 3.05) is 6.54 Å². The highest BCUT2D eigenvalue weighted by atomic mass is 14.9. The van der Waals surface area contributed by atoms with Crippen LogP contribution in [0.2, 0.25) is 0 Å². The van der Waals surface area contributed by atoms with Gasteiger partial charge < -0.3 is 5.32 Å². The van der Waals surface area contributed by atoms with Crippen molar-refractivity contribution in [3.8, 4) is 0 Å². The molecule has 0 saturated heterocycles. The minimum absolute atomic E-state index is 0.589. The van der Waals surface area contributed by atoms with Gasteiger partial charge in [-0.2, -0.15) is 0 Å². The number of rotatable bonds is 8. The van der Waals surface area contributed by atoms with Gasteiger partial charge in [0, 0.05) is 6.04 Å². The molecule has 0 saturated carbocycles. The topological polar surface area (TPSA) is 12.0 Å². The molecule has 0 aromatic heterocycles. The molecule has 0 spiro atoms. The molecule has 1 atom stereocenters. The molecule has 0 aliphatic heterocycles. The molecule has 20 heavy (non-hydrogen) atoms. The van der Waals surface area contributed by atoms with Crippen LogP contribution in [0.25, 0.3) is 0 Å². The Hall–Kier alpha value is -1.60. The zero-order valence-electron chi connectivity index (χ0n) is 12.4. The van der Waals surface area contributed by atoms with Crippen LogP contribution in [-0.2, 0) is 12.8 Å². The molecule has 0 amide bonds. The molecule has 1 unspecified atom stereocenters. The van der Waals surface area contributed by atoms with Crippen LogP contribution in [0.3, 0.4) is 0 Å². The molecule has 0 heterocycles. The van der Waals surface area contributed by atoms with Gasteiger partial charge >= 0.3 is 0 Å². The first-order valence-electron chi connectivity index (χ1n) is 7.66. The molecule has 2 aromatic rings. The summed E-state index contributed by atoms with van der Waals surface area (Å²) in [5.41, 5.74) is 2.87. The molecule has 0 radical (unpaired) electrons. The summed E-state index contributed by atoms with van der Waals surface area (Å²) in [6.45, 7) is 3.39. The van der Waals surface area contributed by atoms with Gasteiger partial charge in [0.25, 0.3) is 0 Å². The third-order valence-electron chi connectivity index (χ3n) is 3.69. The van der Waals surface area contributed by atoms with E-state index in [1.807, 2.05) is 0 Å². The van der Waals surface area contributed by atoms with Gasteiger partial charge in [-0.1, -0.05) is 60.7 Å². The van der Waals surface area contributed by atoms with Crippen LogP contribution in [0.4, 0.5) is 0 Å². The average Bonchev–Trinajstić information content (AvgIpc) is 2.52. The first-order valence-corrected chi connectivity index (χ1v) is 7.66. The van der Waals surface area contributed by atoms with E-state index in [0.29, 0.717) is 6.04 Å². The van der Waals surface area contributed by atoms with Gasteiger partial charge in [0.15, 0.2) is 0 Å². The Balaban J connectivity index is 1.57. The molecule has 0 fully saturated rings. The number of nitrogens with one attached hydrogen (secondary N) is 1. The maximum absolute atomic E-state index is 3.62. The summed E-state index contributed by atoms with van der Waals surface area (Å²) in [4.78, 5) is 0. The second kappa shape index (κ2) is 8.55. The fraction of sp³-hybridized carbons (Fsp3) is 0.368. The third kappa shape index (κ3) is 5.58. The van der Waals surface area contributed by atoms with Crippen molar-refractivity contribution in [3.05, 3.63) is 71.8 Å². The molecule has 106 valence electrons. The Morgan fingerprint density at radius 2 is 1.35 bits per heavy atom. The fourth-order valence-electron chi connectivity index (χ4n) is 2.42. The van der Waals surface area contributed by atoms with Gasteiger partial charge in [-0.25, -0.2) is 0 Å². The van der Waals surface area contributed by atoms with E-state index in [4.69, 9.17) is 0 Å². The van der Waals surface area contributed by atoms with Gasteiger partial charge in [-0.15, -0.1) is 0 Å². The summed E-state index contributed by atoms with van der Waals surface area (Å²) in [6, 6.07) is 22.0. The Morgan fingerprint density at radius 1 is 0.800 bits per heavy atom. The van der Waals surface area contributed by atoms with Crippen molar-refractivity contribution in [2.45, 2.75) is 38.6 Å². The van der Waals surface area contributed by atoms with Crippen LogP contribution in [0, 0.1) is 0 Å². The largest absolute Gasteiger partial charge is 0.314 e. The first-order chi connectivity index (χ1) is 9.84.